The molecule has 2 aromatic rings. The van der Waals surface area contributed by atoms with Crippen LogP contribution in [0.3, 0.4) is 0 Å². The first-order valence-electron chi connectivity index (χ1n) is 5.12. The third kappa shape index (κ3) is 2.28. The van der Waals surface area contributed by atoms with Gasteiger partial charge >= 0.3 is 6.18 Å². The number of aromatic nitrogens is 4. The summed E-state index contributed by atoms with van der Waals surface area (Å²) in [6.45, 7) is 2.42. The van der Waals surface area contributed by atoms with Gasteiger partial charge in [0.15, 0.2) is 10.6 Å². The molecule has 1 N–H and O–H groups in total. The summed E-state index contributed by atoms with van der Waals surface area (Å²) in [6, 6.07) is 2.25. The van der Waals surface area contributed by atoms with Crippen LogP contribution in [0.5, 0.6) is 0 Å². The van der Waals surface area contributed by atoms with Crippen molar-refractivity contribution in [2.24, 2.45) is 0 Å². The van der Waals surface area contributed by atoms with Crippen molar-refractivity contribution in [2.75, 3.05) is 0 Å². The molecule has 2 aromatic heterocycles. The van der Waals surface area contributed by atoms with E-state index in [-0.39, 0.29) is 0 Å². The number of hydrogen-bond acceptors (Lipinski definition) is 3. The van der Waals surface area contributed by atoms with Crippen molar-refractivity contribution in [1.29, 1.82) is 0 Å². The van der Waals surface area contributed by atoms with Gasteiger partial charge in [0.25, 0.3) is 0 Å². The van der Waals surface area contributed by atoms with Crippen LogP contribution in [0.1, 0.15) is 12.5 Å². The lowest BCUT2D eigenvalue weighted by Crippen LogP contribution is -2.06. The largest absolute Gasteiger partial charge is 0.417 e. The van der Waals surface area contributed by atoms with Gasteiger partial charge in [-0.1, -0.05) is 0 Å². The number of pyridine rings is 1. The van der Waals surface area contributed by atoms with Crippen LogP contribution in [0, 0.1) is 4.77 Å². The normalized spacial score (nSPS) is 11.8. The fourth-order valence-electron chi connectivity index (χ4n) is 1.50. The average Bonchev–Trinajstić information content (AvgIpc) is 2.69. The van der Waals surface area contributed by atoms with Crippen molar-refractivity contribution in [1.82, 2.24) is 19.7 Å². The average molecular weight is 274 g/mol. The summed E-state index contributed by atoms with van der Waals surface area (Å²) in [5, 5.41) is 6.54. The third-order valence-corrected chi connectivity index (χ3v) is 2.71. The number of H-pyrrole nitrogens is 1. The maximum absolute atomic E-state index is 12.4. The van der Waals surface area contributed by atoms with Gasteiger partial charge < -0.3 is 0 Å². The summed E-state index contributed by atoms with van der Waals surface area (Å²) in [6.07, 6.45) is -3.60. The second-order valence-electron chi connectivity index (χ2n) is 3.53. The van der Waals surface area contributed by atoms with Crippen LogP contribution < -0.4 is 0 Å². The van der Waals surface area contributed by atoms with Gasteiger partial charge in [0, 0.05) is 12.7 Å². The van der Waals surface area contributed by atoms with Crippen LogP contribution in [-0.4, -0.2) is 19.7 Å². The molecule has 0 saturated heterocycles. The molecule has 0 fully saturated rings. The van der Waals surface area contributed by atoms with E-state index in [1.807, 2.05) is 6.92 Å². The Labute approximate surface area is 105 Å². The molecule has 0 saturated carbocycles. The van der Waals surface area contributed by atoms with Crippen LogP contribution >= 0.6 is 12.2 Å². The van der Waals surface area contributed by atoms with Gasteiger partial charge in [-0.3, -0.25) is 14.6 Å². The fourth-order valence-corrected chi connectivity index (χ4v) is 1.76. The number of hydrogen-bond donors (Lipinski definition) is 1. The number of alkyl halides is 3. The van der Waals surface area contributed by atoms with E-state index in [1.165, 1.54) is 6.07 Å². The molecule has 0 aliphatic carbocycles. The SMILES string of the molecule is CCn1c(-c2ccc(C(F)(F)F)cn2)n[nH]c1=S. The highest BCUT2D eigenvalue weighted by Crippen LogP contribution is 2.29. The number of nitrogens with one attached hydrogen (secondary N) is 1. The Hall–Kier alpha value is -1.70. The Morgan fingerprint density at radius 3 is 2.61 bits per heavy atom. The van der Waals surface area contributed by atoms with Crippen LogP contribution in [0.15, 0.2) is 18.3 Å². The van der Waals surface area contributed by atoms with Crippen molar-refractivity contribution in [3.63, 3.8) is 0 Å². The zero-order valence-corrected chi connectivity index (χ0v) is 10.1. The molecule has 0 bridgehead atoms. The van der Waals surface area contributed by atoms with Crippen LogP contribution in [0.25, 0.3) is 11.5 Å². The molecule has 0 aliphatic rings. The highest BCUT2D eigenvalue weighted by molar-refractivity contribution is 7.71. The van der Waals surface area contributed by atoms with Gasteiger partial charge in [-0.05, 0) is 31.3 Å². The number of halogens is 3. The molecular weight excluding hydrogens is 265 g/mol. The lowest BCUT2D eigenvalue weighted by Gasteiger charge is -2.07. The van der Waals surface area contributed by atoms with Crippen molar-refractivity contribution in [3.8, 4) is 11.5 Å². The Bertz CT molecular complexity index is 597. The number of nitrogens with zero attached hydrogens (tertiary/aromatic N) is 3. The van der Waals surface area contributed by atoms with E-state index in [9.17, 15) is 13.2 Å². The molecule has 96 valence electrons. The summed E-state index contributed by atoms with van der Waals surface area (Å²) in [5.41, 5.74) is -0.444. The predicted molar refractivity (Wildman–Crippen MR) is 61.3 cm³/mol. The zero-order chi connectivity index (χ0) is 13.3. The fraction of sp³-hybridized carbons (Fsp3) is 0.300. The van der Waals surface area contributed by atoms with Crippen LogP contribution in [-0.2, 0) is 12.7 Å². The van der Waals surface area contributed by atoms with Gasteiger partial charge in [-0.25, -0.2) is 0 Å². The van der Waals surface area contributed by atoms with E-state index in [1.54, 1.807) is 4.57 Å². The molecule has 0 aromatic carbocycles. The predicted octanol–water partition coefficient (Wildman–Crippen LogP) is 3.04. The molecular formula is C10H9F3N4S. The van der Waals surface area contributed by atoms with Crippen LogP contribution in [0.2, 0.25) is 0 Å². The molecule has 8 heteroatoms. The molecule has 0 radical (unpaired) electrons. The molecule has 2 heterocycles. The summed E-state index contributed by atoms with van der Waals surface area (Å²) in [5.74, 6) is 0.427. The first-order chi connectivity index (χ1) is 8.43. The summed E-state index contributed by atoms with van der Waals surface area (Å²) in [4.78, 5) is 3.77. The number of rotatable bonds is 2. The molecule has 4 nitrogen and oxygen atoms in total. The van der Waals surface area contributed by atoms with Crippen molar-refractivity contribution in [2.45, 2.75) is 19.6 Å². The van der Waals surface area contributed by atoms with Gasteiger partial charge in [-0.15, -0.1) is 0 Å². The molecule has 0 amide bonds. The van der Waals surface area contributed by atoms with E-state index in [4.69, 9.17) is 12.2 Å². The van der Waals surface area contributed by atoms with Gasteiger partial charge in [0.05, 0.1) is 5.56 Å². The second-order valence-corrected chi connectivity index (χ2v) is 3.91. The first kappa shape index (κ1) is 12.7. The zero-order valence-electron chi connectivity index (χ0n) is 9.32. The maximum Gasteiger partial charge on any atom is 0.417 e. The lowest BCUT2D eigenvalue weighted by atomic mass is 10.2. The molecule has 18 heavy (non-hydrogen) atoms. The van der Waals surface area contributed by atoms with E-state index >= 15 is 0 Å². The minimum absolute atomic E-state index is 0.345. The van der Waals surface area contributed by atoms with Crippen molar-refractivity contribution >= 4 is 12.2 Å². The molecule has 0 atom stereocenters. The van der Waals surface area contributed by atoms with Crippen molar-refractivity contribution < 1.29 is 13.2 Å². The second kappa shape index (κ2) is 4.52. The summed E-state index contributed by atoms with van der Waals surface area (Å²) < 4.78 is 39.2. The minimum atomic E-state index is -4.39. The topological polar surface area (TPSA) is 46.5 Å². The van der Waals surface area contributed by atoms with E-state index in [0.29, 0.717) is 22.8 Å². The Morgan fingerprint density at radius 1 is 1.39 bits per heavy atom. The quantitative estimate of drug-likeness (QED) is 0.856. The molecule has 0 unspecified atom stereocenters. The highest BCUT2D eigenvalue weighted by atomic mass is 32.1. The van der Waals surface area contributed by atoms with E-state index in [2.05, 4.69) is 15.2 Å². The standard InChI is InChI=1S/C10H9F3N4S/c1-2-17-8(15-16-9(17)18)7-4-3-6(5-14-7)10(11,12)13/h3-5H,2H2,1H3,(H,16,18). The van der Waals surface area contributed by atoms with E-state index in [0.717, 1.165) is 12.3 Å². The van der Waals surface area contributed by atoms with Gasteiger partial charge in [-0.2, -0.15) is 18.3 Å². The molecule has 0 spiro atoms. The lowest BCUT2D eigenvalue weighted by molar-refractivity contribution is -0.137. The Morgan fingerprint density at radius 2 is 2.11 bits per heavy atom. The monoisotopic (exact) mass is 274 g/mol. The van der Waals surface area contributed by atoms with Crippen LogP contribution in [0.4, 0.5) is 13.2 Å². The Kier molecular flexibility index (Phi) is 3.20. The summed E-state index contributed by atoms with van der Waals surface area (Å²) >= 11 is 4.99. The third-order valence-electron chi connectivity index (χ3n) is 2.39. The first-order valence-corrected chi connectivity index (χ1v) is 5.53. The van der Waals surface area contributed by atoms with Gasteiger partial charge in [0.2, 0.25) is 0 Å². The maximum atomic E-state index is 12.4. The van der Waals surface area contributed by atoms with E-state index < -0.39 is 11.7 Å². The molecule has 0 aliphatic heterocycles. The van der Waals surface area contributed by atoms with Crippen molar-refractivity contribution in [3.05, 3.63) is 28.7 Å². The summed E-state index contributed by atoms with van der Waals surface area (Å²) in [7, 11) is 0. The highest BCUT2D eigenvalue weighted by Gasteiger charge is 2.30. The van der Waals surface area contributed by atoms with Gasteiger partial charge in [0.1, 0.15) is 5.69 Å². The minimum Gasteiger partial charge on any atom is -0.299 e. The molecule has 2 rings (SSSR count). The number of aromatic amines is 1. The Balaban J connectivity index is 2.44. The smallest absolute Gasteiger partial charge is 0.299 e.